The van der Waals surface area contributed by atoms with E-state index in [1.165, 1.54) is 18.2 Å². The molecule has 0 aliphatic heterocycles. The minimum absolute atomic E-state index is 0.200. The summed E-state index contributed by atoms with van der Waals surface area (Å²) in [6.07, 6.45) is 0. The molecule has 6 nitrogen and oxygen atoms in total. The van der Waals surface area contributed by atoms with Crippen LogP contribution in [0.1, 0.15) is 10.5 Å². The summed E-state index contributed by atoms with van der Waals surface area (Å²) in [5.74, 6) is 0.150. The summed E-state index contributed by atoms with van der Waals surface area (Å²) < 4.78 is 13.4. The molecule has 2 N–H and O–H groups in total. The Hall–Kier alpha value is -3.32. The number of likely N-dealkylation sites (N-methyl/N-ethyl adjacent to an activating group) is 1. The van der Waals surface area contributed by atoms with Gasteiger partial charge in [-0.25, -0.2) is 14.4 Å². The normalized spacial score (nSPS) is 10.7. The van der Waals surface area contributed by atoms with E-state index in [-0.39, 0.29) is 5.69 Å². The smallest absolute Gasteiger partial charge is 0.274 e. The van der Waals surface area contributed by atoms with Crippen molar-refractivity contribution in [3.05, 3.63) is 72.2 Å². The summed E-state index contributed by atoms with van der Waals surface area (Å²) in [5.41, 5.74) is 1.37. The van der Waals surface area contributed by atoms with Crippen molar-refractivity contribution in [2.75, 3.05) is 37.8 Å². The summed E-state index contributed by atoms with van der Waals surface area (Å²) in [6.45, 7) is 1.48. The molecule has 0 radical (unpaired) electrons. The molecule has 3 aromatic rings. The molecule has 0 aliphatic rings. The third-order valence-electron chi connectivity index (χ3n) is 3.94. The molecule has 0 aliphatic carbocycles. The van der Waals surface area contributed by atoms with E-state index in [0.717, 1.165) is 12.1 Å². The number of carbonyl (C=O) groups excluding carboxylic acids is 1. The van der Waals surface area contributed by atoms with Crippen LogP contribution in [0.4, 0.5) is 15.9 Å². The standard InChI is InChI=1S/C21H22FN5O/c1-27(2)12-11-23-19-14-18(21(28)24-17-10-6-9-16(22)13-17)25-20(26-19)15-7-4-3-5-8-15/h3-10,13-14H,11-12H2,1-2H3,(H,24,28)(H,23,25,26). The zero-order chi connectivity index (χ0) is 19.9. The second kappa shape index (κ2) is 9.05. The Balaban J connectivity index is 1.88. The molecule has 144 valence electrons. The fraction of sp³-hybridized carbons (Fsp3) is 0.190. The summed E-state index contributed by atoms with van der Waals surface area (Å²) >= 11 is 0. The molecule has 1 amide bonds. The van der Waals surface area contributed by atoms with Crippen molar-refractivity contribution in [1.82, 2.24) is 14.9 Å². The fourth-order valence-electron chi connectivity index (χ4n) is 2.54. The zero-order valence-corrected chi connectivity index (χ0v) is 15.8. The predicted molar refractivity (Wildman–Crippen MR) is 109 cm³/mol. The number of nitrogens with one attached hydrogen (secondary N) is 2. The van der Waals surface area contributed by atoms with E-state index >= 15 is 0 Å². The highest BCUT2D eigenvalue weighted by molar-refractivity contribution is 6.03. The first-order chi connectivity index (χ1) is 13.5. The van der Waals surface area contributed by atoms with Crippen molar-refractivity contribution in [3.8, 4) is 11.4 Å². The van der Waals surface area contributed by atoms with Crippen molar-refractivity contribution >= 4 is 17.4 Å². The lowest BCUT2D eigenvalue weighted by molar-refractivity contribution is 0.102. The molecule has 0 fully saturated rings. The maximum absolute atomic E-state index is 13.4. The van der Waals surface area contributed by atoms with Crippen molar-refractivity contribution in [2.45, 2.75) is 0 Å². The second-order valence-corrected chi connectivity index (χ2v) is 6.52. The number of benzene rings is 2. The Morgan fingerprint density at radius 2 is 1.82 bits per heavy atom. The van der Waals surface area contributed by atoms with Crippen LogP contribution in [0.5, 0.6) is 0 Å². The van der Waals surface area contributed by atoms with Gasteiger partial charge >= 0.3 is 0 Å². The number of aromatic nitrogens is 2. The first-order valence-corrected chi connectivity index (χ1v) is 8.91. The Labute approximate surface area is 163 Å². The molecule has 1 heterocycles. The number of rotatable bonds is 7. The minimum Gasteiger partial charge on any atom is -0.369 e. The number of hydrogen-bond acceptors (Lipinski definition) is 5. The maximum atomic E-state index is 13.4. The average Bonchev–Trinajstić information content (AvgIpc) is 2.68. The van der Waals surface area contributed by atoms with Crippen LogP contribution >= 0.6 is 0 Å². The number of halogens is 1. The van der Waals surface area contributed by atoms with Crippen molar-refractivity contribution in [2.24, 2.45) is 0 Å². The summed E-state index contributed by atoms with van der Waals surface area (Å²) in [7, 11) is 3.96. The van der Waals surface area contributed by atoms with Gasteiger partial charge < -0.3 is 15.5 Å². The summed E-state index contributed by atoms with van der Waals surface area (Å²) in [6, 6.07) is 16.8. The van der Waals surface area contributed by atoms with Gasteiger partial charge in [0.15, 0.2) is 5.82 Å². The molecule has 0 spiro atoms. The van der Waals surface area contributed by atoms with Gasteiger partial charge in [0.25, 0.3) is 5.91 Å². The zero-order valence-electron chi connectivity index (χ0n) is 15.8. The first-order valence-electron chi connectivity index (χ1n) is 8.91. The maximum Gasteiger partial charge on any atom is 0.274 e. The second-order valence-electron chi connectivity index (χ2n) is 6.52. The molecular weight excluding hydrogens is 357 g/mol. The quantitative estimate of drug-likeness (QED) is 0.657. The van der Waals surface area contributed by atoms with Crippen molar-refractivity contribution in [1.29, 1.82) is 0 Å². The molecule has 0 saturated carbocycles. The van der Waals surface area contributed by atoms with Crippen LogP contribution in [-0.4, -0.2) is 48.0 Å². The van der Waals surface area contributed by atoms with Crippen LogP contribution in [0.25, 0.3) is 11.4 Å². The van der Waals surface area contributed by atoms with Gasteiger partial charge in [-0.3, -0.25) is 4.79 Å². The monoisotopic (exact) mass is 379 g/mol. The van der Waals surface area contributed by atoms with E-state index in [0.29, 0.717) is 23.9 Å². The van der Waals surface area contributed by atoms with Gasteiger partial charge in [-0.05, 0) is 32.3 Å². The lowest BCUT2D eigenvalue weighted by atomic mass is 10.2. The van der Waals surface area contributed by atoms with E-state index in [1.54, 1.807) is 12.1 Å². The van der Waals surface area contributed by atoms with Gasteiger partial charge in [-0.1, -0.05) is 36.4 Å². The van der Waals surface area contributed by atoms with Gasteiger partial charge in [0.2, 0.25) is 0 Å². The Morgan fingerprint density at radius 1 is 1.04 bits per heavy atom. The van der Waals surface area contributed by atoms with Gasteiger partial charge in [-0.2, -0.15) is 0 Å². The van der Waals surface area contributed by atoms with E-state index < -0.39 is 11.7 Å². The molecule has 0 atom stereocenters. The lowest BCUT2D eigenvalue weighted by Crippen LogP contribution is -2.22. The van der Waals surface area contributed by atoms with Gasteiger partial charge in [0, 0.05) is 30.4 Å². The number of anilines is 2. The molecule has 0 unspecified atom stereocenters. The van der Waals surface area contributed by atoms with Crippen LogP contribution < -0.4 is 10.6 Å². The Morgan fingerprint density at radius 3 is 2.54 bits per heavy atom. The first kappa shape index (κ1) is 19.4. The number of nitrogens with zero attached hydrogens (tertiary/aromatic N) is 3. The molecule has 3 rings (SSSR count). The van der Waals surface area contributed by atoms with Crippen LogP contribution in [0, 0.1) is 5.82 Å². The third kappa shape index (κ3) is 5.34. The van der Waals surface area contributed by atoms with Gasteiger partial charge in [0.05, 0.1) is 0 Å². The third-order valence-corrected chi connectivity index (χ3v) is 3.94. The Kier molecular flexibility index (Phi) is 6.29. The predicted octanol–water partition coefficient (Wildman–Crippen LogP) is 3.51. The van der Waals surface area contributed by atoms with E-state index in [2.05, 4.69) is 20.6 Å². The number of hydrogen-bond donors (Lipinski definition) is 2. The van der Waals surface area contributed by atoms with Crippen LogP contribution in [-0.2, 0) is 0 Å². The molecule has 28 heavy (non-hydrogen) atoms. The van der Waals surface area contributed by atoms with Crippen LogP contribution in [0.15, 0.2) is 60.7 Å². The molecule has 0 saturated heterocycles. The molecule has 1 aromatic heterocycles. The molecule has 2 aromatic carbocycles. The van der Waals surface area contributed by atoms with Crippen molar-refractivity contribution < 1.29 is 9.18 Å². The minimum atomic E-state index is -0.430. The SMILES string of the molecule is CN(C)CCNc1cc(C(=O)Nc2cccc(F)c2)nc(-c2ccccc2)n1. The largest absolute Gasteiger partial charge is 0.369 e. The molecule has 7 heteroatoms. The lowest BCUT2D eigenvalue weighted by Gasteiger charge is -2.13. The van der Waals surface area contributed by atoms with Gasteiger partial charge in [0.1, 0.15) is 17.3 Å². The Bertz CT molecular complexity index is 947. The van der Waals surface area contributed by atoms with Crippen LogP contribution in [0.3, 0.4) is 0 Å². The highest BCUT2D eigenvalue weighted by atomic mass is 19.1. The fourth-order valence-corrected chi connectivity index (χ4v) is 2.54. The summed E-state index contributed by atoms with van der Waals surface area (Å²) in [5, 5.41) is 5.90. The van der Waals surface area contributed by atoms with E-state index in [4.69, 9.17) is 0 Å². The van der Waals surface area contributed by atoms with Crippen LogP contribution in [0.2, 0.25) is 0 Å². The summed E-state index contributed by atoms with van der Waals surface area (Å²) in [4.78, 5) is 23.7. The van der Waals surface area contributed by atoms with E-state index in [1.807, 2.05) is 49.3 Å². The molecular formula is C21H22FN5O. The van der Waals surface area contributed by atoms with Gasteiger partial charge in [-0.15, -0.1) is 0 Å². The van der Waals surface area contributed by atoms with E-state index in [9.17, 15) is 9.18 Å². The highest BCUT2D eigenvalue weighted by Crippen LogP contribution is 2.19. The van der Waals surface area contributed by atoms with Crippen molar-refractivity contribution in [3.63, 3.8) is 0 Å². The highest BCUT2D eigenvalue weighted by Gasteiger charge is 2.14. The molecule has 0 bridgehead atoms. The number of amides is 1. The average molecular weight is 379 g/mol. The number of carbonyl (C=O) groups is 1. The topological polar surface area (TPSA) is 70.2 Å².